The average molecular weight is 270 g/mol. The molecule has 102 valence electrons. The van der Waals surface area contributed by atoms with Crippen molar-refractivity contribution in [1.82, 2.24) is 4.98 Å². The monoisotopic (exact) mass is 270 g/mol. The highest BCUT2D eigenvalue weighted by Gasteiger charge is 2.10. The molecule has 0 saturated carbocycles. The van der Waals surface area contributed by atoms with Crippen LogP contribution in [0.4, 0.5) is 5.69 Å². The van der Waals surface area contributed by atoms with Crippen molar-refractivity contribution in [3.8, 4) is 0 Å². The van der Waals surface area contributed by atoms with Gasteiger partial charge < -0.3 is 10.4 Å². The van der Waals surface area contributed by atoms with Crippen LogP contribution in [0.3, 0.4) is 0 Å². The minimum absolute atomic E-state index is 0.225. The van der Waals surface area contributed by atoms with Crippen LogP contribution >= 0.6 is 0 Å². The highest BCUT2D eigenvalue weighted by molar-refractivity contribution is 6.04. The van der Waals surface area contributed by atoms with Gasteiger partial charge in [0.1, 0.15) is 0 Å². The third-order valence-electron chi connectivity index (χ3n) is 2.87. The molecule has 0 spiro atoms. The molecule has 0 aliphatic carbocycles. The number of aryl methyl sites for hydroxylation is 2. The maximum absolute atomic E-state index is 12.0. The van der Waals surface area contributed by atoms with Crippen molar-refractivity contribution < 1.29 is 14.7 Å². The number of benzene rings is 1. The lowest BCUT2D eigenvalue weighted by atomic mass is 10.1. The molecule has 1 heterocycles. The quantitative estimate of drug-likeness (QED) is 0.898. The summed E-state index contributed by atoms with van der Waals surface area (Å²) in [4.78, 5) is 27.0. The van der Waals surface area contributed by atoms with E-state index in [4.69, 9.17) is 5.11 Å². The first-order valence-corrected chi connectivity index (χ1v) is 6.05. The van der Waals surface area contributed by atoms with Crippen LogP contribution in [0.25, 0.3) is 0 Å². The number of rotatable bonds is 3. The second-order valence-corrected chi connectivity index (χ2v) is 4.47. The van der Waals surface area contributed by atoms with E-state index in [-0.39, 0.29) is 11.5 Å². The Morgan fingerprint density at radius 3 is 2.50 bits per heavy atom. The highest BCUT2D eigenvalue weighted by Crippen LogP contribution is 2.16. The summed E-state index contributed by atoms with van der Waals surface area (Å²) in [6.45, 7) is 3.50. The first-order chi connectivity index (χ1) is 9.47. The fourth-order valence-corrected chi connectivity index (χ4v) is 1.87. The molecule has 0 aliphatic heterocycles. The Morgan fingerprint density at radius 2 is 1.90 bits per heavy atom. The van der Waals surface area contributed by atoms with E-state index in [1.807, 2.05) is 6.92 Å². The Balaban J connectivity index is 2.20. The first kappa shape index (κ1) is 13.7. The highest BCUT2D eigenvalue weighted by atomic mass is 16.4. The van der Waals surface area contributed by atoms with Gasteiger partial charge in [-0.05, 0) is 49.7 Å². The van der Waals surface area contributed by atoms with Gasteiger partial charge >= 0.3 is 5.97 Å². The Kier molecular flexibility index (Phi) is 3.79. The van der Waals surface area contributed by atoms with Gasteiger partial charge in [0.05, 0.1) is 5.56 Å². The average Bonchev–Trinajstić information content (AvgIpc) is 2.38. The summed E-state index contributed by atoms with van der Waals surface area (Å²) in [5.74, 6) is -1.23. The molecule has 0 unspecified atom stereocenters. The van der Waals surface area contributed by atoms with Crippen molar-refractivity contribution in [3.63, 3.8) is 0 Å². The van der Waals surface area contributed by atoms with Crippen molar-refractivity contribution >= 4 is 17.6 Å². The van der Waals surface area contributed by atoms with Crippen LogP contribution in [0, 0.1) is 13.8 Å². The zero-order valence-electron chi connectivity index (χ0n) is 11.2. The molecule has 2 N–H and O–H groups in total. The molecule has 2 rings (SSSR count). The molecule has 5 heteroatoms. The van der Waals surface area contributed by atoms with E-state index < -0.39 is 5.97 Å². The van der Waals surface area contributed by atoms with Crippen molar-refractivity contribution in [3.05, 3.63) is 58.9 Å². The number of hydrogen-bond donors (Lipinski definition) is 2. The normalized spacial score (nSPS) is 10.1. The molecule has 20 heavy (non-hydrogen) atoms. The van der Waals surface area contributed by atoms with E-state index in [0.29, 0.717) is 16.8 Å². The number of aromatic nitrogens is 1. The van der Waals surface area contributed by atoms with E-state index in [2.05, 4.69) is 10.3 Å². The topological polar surface area (TPSA) is 79.3 Å². The van der Waals surface area contributed by atoms with Gasteiger partial charge in [0.15, 0.2) is 0 Å². The summed E-state index contributed by atoms with van der Waals surface area (Å²) in [6, 6.07) is 8.00. The van der Waals surface area contributed by atoms with Crippen LogP contribution in [0.5, 0.6) is 0 Å². The summed E-state index contributed by atoms with van der Waals surface area (Å²) < 4.78 is 0. The van der Waals surface area contributed by atoms with Gasteiger partial charge in [-0.1, -0.05) is 0 Å². The predicted octanol–water partition coefficient (Wildman–Crippen LogP) is 2.65. The molecule has 0 aliphatic rings. The van der Waals surface area contributed by atoms with Gasteiger partial charge in [-0.15, -0.1) is 0 Å². The van der Waals surface area contributed by atoms with Crippen LogP contribution in [-0.4, -0.2) is 22.0 Å². The van der Waals surface area contributed by atoms with Crippen LogP contribution < -0.4 is 5.32 Å². The number of aromatic carboxylic acids is 1. The molecule has 1 aromatic carbocycles. The maximum Gasteiger partial charge on any atom is 0.335 e. The fourth-order valence-electron chi connectivity index (χ4n) is 1.87. The third kappa shape index (κ3) is 3.00. The number of pyridine rings is 1. The van der Waals surface area contributed by atoms with Crippen LogP contribution in [0.2, 0.25) is 0 Å². The number of nitrogens with one attached hydrogen (secondary N) is 1. The molecular weight excluding hydrogens is 256 g/mol. The van der Waals surface area contributed by atoms with Gasteiger partial charge in [0, 0.05) is 23.1 Å². The van der Waals surface area contributed by atoms with Crippen LogP contribution in [0.15, 0.2) is 36.5 Å². The molecule has 1 aromatic heterocycles. The molecule has 0 atom stereocenters. The van der Waals surface area contributed by atoms with Gasteiger partial charge in [-0.2, -0.15) is 0 Å². The van der Waals surface area contributed by atoms with Crippen molar-refractivity contribution in [2.45, 2.75) is 13.8 Å². The van der Waals surface area contributed by atoms with Crippen molar-refractivity contribution in [2.75, 3.05) is 5.32 Å². The second kappa shape index (κ2) is 5.52. The van der Waals surface area contributed by atoms with Gasteiger partial charge in [0.25, 0.3) is 5.91 Å². The summed E-state index contributed by atoms with van der Waals surface area (Å²) in [7, 11) is 0. The SMILES string of the molecule is Cc1cc(C(=O)Nc2ccc(C(=O)O)c(C)c2)ccn1. The molecule has 5 nitrogen and oxygen atoms in total. The molecule has 1 amide bonds. The lowest BCUT2D eigenvalue weighted by Crippen LogP contribution is -2.12. The standard InChI is InChI=1S/C15H14N2O3/c1-9-7-12(3-4-13(9)15(19)20)17-14(18)11-5-6-16-10(2)8-11/h3-8H,1-2H3,(H,17,18)(H,19,20). The number of nitrogens with zero attached hydrogens (tertiary/aromatic N) is 1. The van der Waals surface area contributed by atoms with Gasteiger partial charge in [0.2, 0.25) is 0 Å². The molecule has 2 aromatic rings. The van der Waals surface area contributed by atoms with Gasteiger partial charge in [-0.3, -0.25) is 9.78 Å². The zero-order chi connectivity index (χ0) is 14.7. The molecule has 0 radical (unpaired) electrons. The fraction of sp³-hybridized carbons (Fsp3) is 0.133. The number of carbonyl (C=O) groups is 2. The van der Waals surface area contributed by atoms with Crippen molar-refractivity contribution in [1.29, 1.82) is 0 Å². The first-order valence-electron chi connectivity index (χ1n) is 6.05. The predicted molar refractivity (Wildman–Crippen MR) is 75.1 cm³/mol. The van der Waals surface area contributed by atoms with E-state index in [9.17, 15) is 9.59 Å². The maximum atomic E-state index is 12.0. The summed E-state index contributed by atoms with van der Waals surface area (Å²) in [6.07, 6.45) is 1.57. The zero-order valence-corrected chi connectivity index (χ0v) is 11.2. The molecular formula is C15H14N2O3. The van der Waals surface area contributed by atoms with Gasteiger partial charge in [-0.25, -0.2) is 4.79 Å². The third-order valence-corrected chi connectivity index (χ3v) is 2.87. The molecule has 0 fully saturated rings. The lowest BCUT2D eigenvalue weighted by molar-refractivity contribution is 0.0696. The van der Waals surface area contributed by atoms with E-state index in [1.165, 1.54) is 6.07 Å². The Labute approximate surface area is 116 Å². The minimum Gasteiger partial charge on any atom is -0.478 e. The number of carboxylic acids is 1. The lowest BCUT2D eigenvalue weighted by Gasteiger charge is -2.08. The van der Waals surface area contributed by atoms with E-state index in [1.54, 1.807) is 37.4 Å². The number of carbonyl (C=O) groups excluding carboxylic acids is 1. The largest absolute Gasteiger partial charge is 0.478 e. The molecule has 0 saturated heterocycles. The summed E-state index contributed by atoms with van der Waals surface area (Å²) >= 11 is 0. The molecule has 0 bridgehead atoms. The Hall–Kier alpha value is -2.69. The van der Waals surface area contributed by atoms with E-state index >= 15 is 0 Å². The second-order valence-electron chi connectivity index (χ2n) is 4.47. The minimum atomic E-state index is -0.981. The number of amides is 1. The number of anilines is 1. The van der Waals surface area contributed by atoms with Crippen LogP contribution in [-0.2, 0) is 0 Å². The smallest absolute Gasteiger partial charge is 0.335 e. The summed E-state index contributed by atoms with van der Waals surface area (Å²) in [5.41, 5.74) is 2.66. The number of carboxylic acid groups (broad SMARTS) is 1. The Bertz CT molecular complexity index is 681. The van der Waals surface area contributed by atoms with Crippen LogP contribution in [0.1, 0.15) is 32.0 Å². The Morgan fingerprint density at radius 1 is 1.15 bits per heavy atom. The van der Waals surface area contributed by atoms with Crippen molar-refractivity contribution in [2.24, 2.45) is 0 Å². The number of hydrogen-bond acceptors (Lipinski definition) is 3. The van der Waals surface area contributed by atoms with E-state index in [0.717, 1.165) is 5.69 Å². The summed E-state index contributed by atoms with van der Waals surface area (Å²) in [5, 5.41) is 11.7.